The molecule has 0 aromatic carbocycles. The summed E-state index contributed by atoms with van der Waals surface area (Å²) in [5.74, 6) is 2.28. The van der Waals surface area contributed by atoms with Gasteiger partial charge in [-0.3, -0.25) is 0 Å². The first-order valence-corrected chi connectivity index (χ1v) is 7.41. The smallest absolute Gasteiger partial charge is 0.0319 e. The van der Waals surface area contributed by atoms with Crippen LogP contribution in [0.1, 0.15) is 78.1 Å². The number of aliphatic hydroxyl groups excluding tert-OH is 1. The van der Waals surface area contributed by atoms with Crippen molar-refractivity contribution >= 4 is 0 Å². The van der Waals surface area contributed by atoms with E-state index >= 15 is 0 Å². The van der Waals surface area contributed by atoms with Crippen LogP contribution >= 0.6 is 0 Å². The fourth-order valence-corrected chi connectivity index (χ4v) is 3.21. The van der Waals surface area contributed by atoms with E-state index in [2.05, 4.69) is 0 Å². The molecule has 16 heavy (non-hydrogen) atoms. The number of aliphatic hydroxyl groups is 1. The highest BCUT2D eigenvalue weighted by atomic mass is 16.2. The Morgan fingerprint density at radius 3 is 1.06 bits per heavy atom. The minimum absolute atomic E-state index is 1.00. The van der Waals surface area contributed by atoms with E-state index in [0.717, 1.165) is 18.9 Å². The summed E-state index contributed by atoms with van der Waals surface area (Å²) in [5.41, 5.74) is 0. The van der Waals surface area contributed by atoms with Crippen LogP contribution in [0.5, 0.6) is 0 Å². The van der Waals surface area contributed by atoms with Gasteiger partial charge >= 0.3 is 0 Å². The summed E-state index contributed by atoms with van der Waals surface area (Å²) in [6.45, 7) is 4.00. The fourth-order valence-electron chi connectivity index (χ4n) is 3.21. The first-order valence-electron chi connectivity index (χ1n) is 7.41. The average molecular weight is 228 g/mol. The summed E-state index contributed by atoms with van der Waals surface area (Å²) in [4.78, 5) is 0. The van der Waals surface area contributed by atoms with Gasteiger partial charge in [0, 0.05) is 7.11 Å². The standard InChI is InChI=1S/C12H22.C2H6.CH4O/c1-3-7-11(8-4-1)12-9-5-2-6-10-12;2*1-2/h11-12H,1-10H2;1-2H3;2H,1H3. The van der Waals surface area contributed by atoms with Crippen molar-refractivity contribution in [3.8, 4) is 0 Å². The van der Waals surface area contributed by atoms with Crippen LogP contribution in [-0.2, 0) is 0 Å². The zero-order valence-electron chi connectivity index (χ0n) is 11.7. The van der Waals surface area contributed by atoms with Gasteiger partial charge in [-0.25, -0.2) is 0 Å². The van der Waals surface area contributed by atoms with E-state index in [1.165, 1.54) is 38.5 Å². The zero-order chi connectivity index (χ0) is 12.2. The molecule has 1 N–H and O–H groups in total. The molecule has 0 amide bonds. The molecule has 2 aliphatic rings. The summed E-state index contributed by atoms with van der Waals surface area (Å²) in [5, 5.41) is 7.00. The molecular weight excluding hydrogens is 196 g/mol. The molecule has 0 aromatic heterocycles. The lowest BCUT2D eigenvalue weighted by Crippen LogP contribution is -2.20. The first-order chi connectivity index (χ1) is 7.97. The van der Waals surface area contributed by atoms with E-state index in [1.807, 2.05) is 13.8 Å². The largest absolute Gasteiger partial charge is 0.400 e. The minimum atomic E-state index is 1.00. The molecule has 0 radical (unpaired) electrons. The summed E-state index contributed by atoms with van der Waals surface area (Å²) in [7, 11) is 1.00. The number of rotatable bonds is 1. The van der Waals surface area contributed by atoms with E-state index < -0.39 is 0 Å². The van der Waals surface area contributed by atoms with Gasteiger partial charge in [-0.05, 0) is 11.8 Å². The highest BCUT2D eigenvalue weighted by molar-refractivity contribution is 4.76. The van der Waals surface area contributed by atoms with Gasteiger partial charge in [-0.1, -0.05) is 78.1 Å². The van der Waals surface area contributed by atoms with E-state index in [9.17, 15) is 0 Å². The van der Waals surface area contributed by atoms with E-state index in [4.69, 9.17) is 5.11 Å². The topological polar surface area (TPSA) is 20.2 Å². The molecule has 0 unspecified atom stereocenters. The van der Waals surface area contributed by atoms with Crippen LogP contribution in [0.4, 0.5) is 0 Å². The Hall–Kier alpha value is -0.0400. The van der Waals surface area contributed by atoms with E-state index in [0.29, 0.717) is 0 Å². The molecule has 0 spiro atoms. The minimum Gasteiger partial charge on any atom is -0.400 e. The monoisotopic (exact) mass is 228 g/mol. The maximum absolute atomic E-state index is 7.00. The average Bonchev–Trinajstić information content (AvgIpc) is 2.45. The van der Waals surface area contributed by atoms with Gasteiger partial charge in [0.2, 0.25) is 0 Å². The van der Waals surface area contributed by atoms with Crippen molar-refractivity contribution in [1.29, 1.82) is 0 Å². The molecule has 2 rings (SSSR count). The quantitative estimate of drug-likeness (QED) is 0.684. The predicted molar refractivity (Wildman–Crippen MR) is 72.6 cm³/mol. The predicted octanol–water partition coefficient (Wildman–Crippen LogP) is 4.78. The molecule has 0 heterocycles. The van der Waals surface area contributed by atoms with Gasteiger partial charge in [0.15, 0.2) is 0 Å². The first kappa shape index (κ1) is 16.0. The molecule has 0 aromatic rings. The molecular formula is C15H32O. The van der Waals surface area contributed by atoms with Gasteiger partial charge < -0.3 is 5.11 Å². The number of hydrogen-bond acceptors (Lipinski definition) is 1. The summed E-state index contributed by atoms with van der Waals surface area (Å²) >= 11 is 0. The van der Waals surface area contributed by atoms with Gasteiger partial charge in [0.05, 0.1) is 0 Å². The molecule has 1 nitrogen and oxygen atoms in total. The van der Waals surface area contributed by atoms with Crippen LogP contribution in [0.25, 0.3) is 0 Å². The maximum atomic E-state index is 7.00. The van der Waals surface area contributed by atoms with E-state index in [1.54, 1.807) is 25.7 Å². The Balaban J connectivity index is 0.000000509. The van der Waals surface area contributed by atoms with Crippen LogP contribution in [0.15, 0.2) is 0 Å². The Bertz CT molecular complexity index is 105. The third kappa shape index (κ3) is 5.89. The van der Waals surface area contributed by atoms with Crippen LogP contribution in [0.3, 0.4) is 0 Å². The van der Waals surface area contributed by atoms with Gasteiger partial charge in [0.1, 0.15) is 0 Å². The molecule has 2 fully saturated rings. The van der Waals surface area contributed by atoms with Crippen molar-refractivity contribution in [3.63, 3.8) is 0 Å². The summed E-state index contributed by atoms with van der Waals surface area (Å²) in [6.07, 6.45) is 15.4. The Morgan fingerprint density at radius 2 is 0.812 bits per heavy atom. The van der Waals surface area contributed by atoms with Gasteiger partial charge in [-0.2, -0.15) is 0 Å². The fraction of sp³-hybridized carbons (Fsp3) is 1.00. The van der Waals surface area contributed by atoms with Gasteiger partial charge in [0.25, 0.3) is 0 Å². The van der Waals surface area contributed by atoms with Crippen molar-refractivity contribution in [1.82, 2.24) is 0 Å². The van der Waals surface area contributed by atoms with Crippen molar-refractivity contribution in [2.75, 3.05) is 7.11 Å². The Kier molecular flexibility index (Phi) is 11.4. The second kappa shape index (κ2) is 11.4. The lowest BCUT2D eigenvalue weighted by atomic mass is 9.73. The molecule has 1 heteroatoms. The van der Waals surface area contributed by atoms with Crippen molar-refractivity contribution in [3.05, 3.63) is 0 Å². The van der Waals surface area contributed by atoms with Crippen molar-refractivity contribution in [2.45, 2.75) is 78.1 Å². The molecule has 0 aliphatic heterocycles. The Labute approximate surface area is 103 Å². The van der Waals surface area contributed by atoms with Crippen LogP contribution in [-0.4, -0.2) is 12.2 Å². The Morgan fingerprint density at radius 1 is 0.562 bits per heavy atom. The SMILES string of the molecule is C1CCC(C2CCCCC2)CC1.CC.CO. The lowest BCUT2D eigenvalue weighted by molar-refractivity contribution is 0.196. The molecule has 0 atom stereocenters. The lowest BCUT2D eigenvalue weighted by Gasteiger charge is -2.32. The maximum Gasteiger partial charge on any atom is 0.0319 e. The second-order valence-electron chi connectivity index (χ2n) is 4.80. The van der Waals surface area contributed by atoms with Crippen molar-refractivity contribution in [2.24, 2.45) is 11.8 Å². The molecule has 0 saturated heterocycles. The summed E-state index contributed by atoms with van der Waals surface area (Å²) in [6, 6.07) is 0. The highest BCUT2D eigenvalue weighted by Crippen LogP contribution is 2.37. The molecule has 2 aliphatic carbocycles. The van der Waals surface area contributed by atoms with Crippen LogP contribution < -0.4 is 0 Å². The zero-order valence-corrected chi connectivity index (χ0v) is 11.7. The van der Waals surface area contributed by atoms with Gasteiger partial charge in [-0.15, -0.1) is 0 Å². The third-order valence-electron chi connectivity index (χ3n) is 3.97. The van der Waals surface area contributed by atoms with Crippen LogP contribution in [0.2, 0.25) is 0 Å². The number of hydrogen-bond donors (Lipinski definition) is 1. The third-order valence-corrected chi connectivity index (χ3v) is 3.97. The molecule has 2 saturated carbocycles. The highest BCUT2D eigenvalue weighted by Gasteiger charge is 2.24. The summed E-state index contributed by atoms with van der Waals surface area (Å²) < 4.78 is 0. The van der Waals surface area contributed by atoms with E-state index in [-0.39, 0.29) is 0 Å². The van der Waals surface area contributed by atoms with Crippen LogP contribution in [0, 0.1) is 11.8 Å². The second-order valence-corrected chi connectivity index (χ2v) is 4.80. The normalized spacial score (nSPS) is 22.5. The molecule has 98 valence electrons. The van der Waals surface area contributed by atoms with Crippen molar-refractivity contribution < 1.29 is 5.11 Å². The molecule has 0 bridgehead atoms.